The van der Waals surface area contributed by atoms with Crippen molar-refractivity contribution in [3.05, 3.63) is 71.8 Å². The van der Waals surface area contributed by atoms with Crippen LogP contribution in [0.5, 0.6) is 0 Å². The highest BCUT2D eigenvalue weighted by atomic mass is 16.6. The Bertz CT molecular complexity index is 732. The number of esters is 1. The highest BCUT2D eigenvalue weighted by molar-refractivity contribution is 5.89. The van der Waals surface area contributed by atoms with Crippen LogP contribution in [0.1, 0.15) is 29.3 Å². The molecule has 1 aliphatic rings. The average molecular weight is 353 g/mol. The van der Waals surface area contributed by atoms with Gasteiger partial charge in [-0.3, -0.25) is 0 Å². The molecule has 5 heteroatoms. The number of likely N-dealkylation sites (tertiary alicyclic amines) is 1. The molecule has 0 saturated carbocycles. The molecule has 5 nitrogen and oxygen atoms in total. The topological polar surface area (TPSA) is 55.8 Å². The van der Waals surface area contributed by atoms with Crippen molar-refractivity contribution in [1.29, 1.82) is 0 Å². The molecule has 3 rings (SSSR count). The van der Waals surface area contributed by atoms with Gasteiger partial charge in [0.2, 0.25) is 0 Å². The minimum absolute atomic E-state index is 0.118. The second-order valence-electron chi connectivity index (χ2n) is 6.42. The fourth-order valence-electron chi connectivity index (χ4n) is 3.11. The number of carbonyl (C=O) groups is 2. The van der Waals surface area contributed by atoms with Crippen molar-refractivity contribution >= 4 is 12.1 Å². The lowest BCUT2D eigenvalue weighted by Gasteiger charge is -2.17. The Kier molecular flexibility index (Phi) is 5.89. The number of carbonyl (C=O) groups excluding carboxylic acids is 2. The van der Waals surface area contributed by atoms with Gasteiger partial charge < -0.3 is 14.4 Å². The molecule has 0 unspecified atom stereocenters. The van der Waals surface area contributed by atoms with Crippen LogP contribution in [0.4, 0.5) is 4.79 Å². The summed E-state index contributed by atoms with van der Waals surface area (Å²) in [5.74, 6) is -0.236. The number of rotatable bonds is 5. The molecule has 2 aromatic carbocycles. The van der Waals surface area contributed by atoms with Crippen LogP contribution in [0.3, 0.4) is 0 Å². The summed E-state index contributed by atoms with van der Waals surface area (Å²) in [5, 5.41) is 0. The van der Waals surface area contributed by atoms with Crippen molar-refractivity contribution < 1.29 is 19.1 Å². The zero-order valence-corrected chi connectivity index (χ0v) is 14.8. The van der Waals surface area contributed by atoms with Crippen LogP contribution in [0, 0.1) is 5.92 Å². The van der Waals surface area contributed by atoms with E-state index >= 15 is 0 Å². The van der Waals surface area contributed by atoms with E-state index < -0.39 is 0 Å². The number of hydrogen-bond donors (Lipinski definition) is 0. The van der Waals surface area contributed by atoms with Crippen LogP contribution in [-0.4, -0.2) is 36.2 Å². The number of ether oxygens (including phenoxy) is 2. The quantitative estimate of drug-likeness (QED) is 0.765. The van der Waals surface area contributed by atoms with Crippen LogP contribution in [0.15, 0.2) is 60.7 Å². The van der Waals surface area contributed by atoms with Crippen molar-refractivity contribution in [3.63, 3.8) is 0 Å². The molecular weight excluding hydrogens is 330 g/mol. The Hall–Kier alpha value is -2.82. The van der Waals surface area contributed by atoms with E-state index in [4.69, 9.17) is 9.47 Å². The third-order valence-electron chi connectivity index (χ3n) is 4.64. The first kappa shape index (κ1) is 18.0. The van der Waals surface area contributed by atoms with E-state index in [0.717, 1.165) is 12.0 Å². The molecular formula is C21H23NO4. The van der Waals surface area contributed by atoms with Gasteiger partial charge >= 0.3 is 12.1 Å². The van der Waals surface area contributed by atoms with Crippen molar-refractivity contribution in [2.45, 2.75) is 26.1 Å². The summed E-state index contributed by atoms with van der Waals surface area (Å²) < 4.78 is 11.0. The number of amides is 1. The molecule has 0 aromatic heterocycles. The van der Waals surface area contributed by atoms with Gasteiger partial charge in [0.25, 0.3) is 0 Å². The fourth-order valence-corrected chi connectivity index (χ4v) is 3.11. The first-order chi connectivity index (χ1) is 12.7. The molecule has 1 aliphatic heterocycles. The van der Waals surface area contributed by atoms with Crippen molar-refractivity contribution in [1.82, 2.24) is 4.90 Å². The summed E-state index contributed by atoms with van der Waals surface area (Å²) in [6, 6.07) is 18.5. The van der Waals surface area contributed by atoms with Gasteiger partial charge in [0.1, 0.15) is 12.7 Å². The third-order valence-corrected chi connectivity index (χ3v) is 4.64. The second kappa shape index (κ2) is 8.52. The predicted octanol–water partition coefficient (Wildman–Crippen LogP) is 3.89. The van der Waals surface area contributed by atoms with Crippen molar-refractivity contribution in [2.24, 2.45) is 5.92 Å². The molecule has 2 aromatic rings. The van der Waals surface area contributed by atoms with Crippen molar-refractivity contribution in [2.75, 3.05) is 13.1 Å². The molecule has 0 N–H and O–H groups in total. The largest absolute Gasteiger partial charge is 0.457 e. The van der Waals surface area contributed by atoms with E-state index in [9.17, 15) is 9.59 Å². The number of hydrogen-bond acceptors (Lipinski definition) is 4. The fraction of sp³-hybridized carbons (Fsp3) is 0.333. The SMILES string of the molecule is CC[C@@H]1CN(C(=O)OCc2ccccc2)C[C@@H]1OC(=O)c1ccccc1. The maximum Gasteiger partial charge on any atom is 0.410 e. The normalized spacial score (nSPS) is 19.2. The van der Waals surface area contributed by atoms with Crippen LogP contribution in [-0.2, 0) is 16.1 Å². The van der Waals surface area contributed by atoms with Crippen LogP contribution < -0.4 is 0 Å². The molecule has 136 valence electrons. The molecule has 1 fully saturated rings. The summed E-state index contributed by atoms with van der Waals surface area (Å²) in [6.45, 7) is 3.18. The summed E-state index contributed by atoms with van der Waals surface area (Å²) in [5.41, 5.74) is 1.46. The smallest absolute Gasteiger partial charge is 0.410 e. The van der Waals surface area contributed by atoms with Gasteiger partial charge in [-0.1, -0.05) is 55.5 Å². The summed E-state index contributed by atoms with van der Waals surface area (Å²) in [6.07, 6.45) is 0.150. The molecule has 26 heavy (non-hydrogen) atoms. The Labute approximate surface area is 153 Å². The maximum absolute atomic E-state index is 12.3. The zero-order valence-electron chi connectivity index (χ0n) is 14.8. The minimum Gasteiger partial charge on any atom is -0.457 e. The Morgan fingerprint density at radius 3 is 2.31 bits per heavy atom. The number of nitrogens with zero attached hydrogens (tertiary/aromatic N) is 1. The van der Waals surface area contributed by atoms with Gasteiger partial charge in [-0.15, -0.1) is 0 Å². The molecule has 0 spiro atoms. The Morgan fingerprint density at radius 1 is 1.00 bits per heavy atom. The third kappa shape index (κ3) is 4.42. The summed E-state index contributed by atoms with van der Waals surface area (Å²) >= 11 is 0. The molecule has 1 heterocycles. The Balaban J connectivity index is 1.56. The van der Waals surface area contributed by atoms with E-state index in [1.54, 1.807) is 29.2 Å². The molecule has 0 bridgehead atoms. The average Bonchev–Trinajstić information content (AvgIpc) is 3.10. The first-order valence-electron chi connectivity index (χ1n) is 8.89. The Morgan fingerprint density at radius 2 is 1.65 bits per heavy atom. The van der Waals surface area contributed by atoms with Gasteiger partial charge in [0.15, 0.2) is 0 Å². The van der Waals surface area contributed by atoms with Gasteiger partial charge in [-0.05, 0) is 24.1 Å². The van der Waals surface area contributed by atoms with Crippen LogP contribution >= 0.6 is 0 Å². The second-order valence-corrected chi connectivity index (χ2v) is 6.42. The van der Waals surface area contributed by atoms with Gasteiger partial charge in [0, 0.05) is 12.5 Å². The monoisotopic (exact) mass is 353 g/mol. The highest BCUT2D eigenvalue weighted by Crippen LogP contribution is 2.24. The minimum atomic E-state index is -0.370. The standard InChI is InChI=1S/C21H23NO4/c1-2-17-13-22(21(24)25-15-16-9-5-3-6-10-16)14-19(17)26-20(23)18-11-7-4-8-12-18/h3-12,17,19H,2,13-15H2,1H3/t17-,19+/m1/s1. The highest BCUT2D eigenvalue weighted by Gasteiger charge is 2.37. The van der Waals surface area contributed by atoms with E-state index in [0.29, 0.717) is 18.7 Å². The van der Waals surface area contributed by atoms with Crippen LogP contribution in [0.2, 0.25) is 0 Å². The lowest BCUT2D eigenvalue weighted by Crippen LogP contribution is -2.31. The van der Waals surface area contributed by atoms with Gasteiger partial charge in [-0.2, -0.15) is 0 Å². The first-order valence-corrected chi connectivity index (χ1v) is 8.89. The lowest BCUT2D eigenvalue weighted by atomic mass is 10.0. The molecule has 0 radical (unpaired) electrons. The van der Waals surface area contributed by atoms with Crippen molar-refractivity contribution in [3.8, 4) is 0 Å². The van der Waals surface area contributed by atoms with Gasteiger partial charge in [-0.25, -0.2) is 9.59 Å². The maximum atomic E-state index is 12.3. The lowest BCUT2D eigenvalue weighted by molar-refractivity contribution is 0.0224. The zero-order chi connectivity index (χ0) is 18.4. The summed E-state index contributed by atoms with van der Waals surface area (Å²) in [4.78, 5) is 26.3. The van der Waals surface area contributed by atoms with E-state index in [2.05, 4.69) is 0 Å². The van der Waals surface area contributed by atoms with Gasteiger partial charge in [0.05, 0.1) is 12.1 Å². The van der Waals surface area contributed by atoms with Crippen LogP contribution in [0.25, 0.3) is 0 Å². The molecule has 2 atom stereocenters. The molecule has 1 amide bonds. The number of benzene rings is 2. The summed E-state index contributed by atoms with van der Waals surface area (Å²) in [7, 11) is 0. The predicted molar refractivity (Wildman–Crippen MR) is 97.6 cm³/mol. The molecule has 0 aliphatic carbocycles. The van der Waals surface area contributed by atoms with E-state index in [1.807, 2.05) is 43.3 Å². The van der Waals surface area contributed by atoms with E-state index in [-0.39, 0.29) is 30.7 Å². The molecule has 1 saturated heterocycles. The van der Waals surface area contributed by atoms with E-state index in [1.165, 1.54) is 0 Å².